The van der Waals surface area contributed by atoms with Gasteiger partial charge in [0.2, 0.25) is 0 Å². The Labute approximate surface area is 118 Å². The van der Waals surface area contributed by atoms with Gasteiger partial charge in [-0.25, -0.2) is 0 Å². The molecule has 1 aromatic heterocycles. The fourth-order valence-electron chi connectivity index (χ4n) is 3.15. The van der Waals surface area contributed by atoms with Crippen LogP contribution in [0.2, 0.25) is 0 Å². The molecule has 2 aromatic rings. The number of piperidine rings is 1. The number of carbonyl (C=O) groups excluding carboxylic acids is 1. The van der Waals surface area contributed by atoms with Crippen LogP contribution in [0.4, 0.5) is 0 Å². The zero-order chi connectivity index (χ0) is 14.1. The third kappa shape index (κ3) is 2.10. The van der Waals surface area contributed by atoms with Crippen LogP contribution in [0, 0.1) is 6.92 Å². The molecule has 20 heavy (non-hydrogen) atoms. The van der Waals surface area contributed by atoms with Crippen molar-refractivity contribution in [3.05, 3.63) is 35.5 Å². The predicted molar refractivity (Wildman–Crippen MR) is 78.8 cm³/mol. The molecule has 1 aliphatic heterocycles. The molecule has 1 fully saturated rings. The molecule has 1 unspecified atom stereocenters. The Balaban J connectivity index is 2.01. The molecule has 1 amide bonds. The average molecular weight is 272 g/mol. The van der Waals surface area contributed by atoms with Crippen LogP contribution in [0.5, 0.6) is 0 Å². The lowest BCUT2D eigenvalue weighted by molar-refractivity contribution is 0.0504. The van der Waals surface area contributed by atoms with Gasteiger partial charge in [-0.2, -0.15) is 0 Å². The van der Waals surface area contributed by atoms with Crippen LogP contribution in [-0.4, -0.2) is 40.1 Å². The Morgan fingerprint density at radius 3 is 3.00 bits per heavy atom. The number of rotatable bonds is 2. The van der Waals surface area contributed by atoms with E-state index in [1.807, 2.05) is 36.1 Å². The van der Waals surface area contributed by atoms with E-state index >= 15 is 0 Å². The number of amides is 1. The molecule has 4 heteroatoms. The largest absolute Gasteiger partial charge is 0.394 e. The summed E-state index contributed by atoms with van der Waals surface area (Å²) in [6, 6.07) is 7.84. The Bertz CT molecular complexity index is 632. The van der Waals surface area contributed by atoms with Gasteiger partial charge in [-0.3, -0.25) is 4.79 Å². The van der Waals surface area contributed by atoms with Gasteiger partial charge in [0.15, 0.2) is 0 Å². The summed E-state index contributed by atoms with van der Waals surface area (Å²) in [6.45, 7) is 2.72. The van der Waals surface area contributed by atoms with Crippen LogP contribution >= 0.6 is 0 Å². The maximum absolute atomic E-state index is 12.9. The number of hydrogen-bond donors (Lipinski definition) is 2. The fourth-order valence-corrected chi connectivity index (χ4v) is 3.15. The first kappa shape index (κ1) is 13.2. The number of para-hydroxylation sites is 1. The van der Waals surface area contributed by atoms with Crippen molar-refractivity contribution in [2.45, 2.75) is 32.2 Å². The van der Waals surface area contributed by atoms with Crippen LogP contribution in [0.25, 0.3) is 10.9 Å². The van der Waals surface area contributed by atoms with Crippen LogP contribution in [0.15, 0.2) is 24.3 Å². The van der Waals surface area contributed by atoms with E-state index in [1.54, 1.807) is 0 Å². The molecule has 0 saturated carbocycles. The van der Waals surface area contributed by atoms with Crippen LogP contribution in [0.1, 0.15) is 35.3 Å². The Hall–Kier alpha value is -1.81. The number of fused-ring (bicyclic) bond motifs is 1. The molecule has 0 spiro atoms. The highest BCUT2D eigenvalue weighted by Gasteiger charge is 2.29. The number of aryl methyl sites for hydroxylation is 1. The number of benzene rings is 1. The molecule has 3 rings (SSSR count). The van der Waals surface area contributed by atoms with Gasteiger partial charge in [0.25, 0.3) is 5.91 Å². The molecule has 2 N–H and O–H groups in total. The number of nitrogens with zero attached hydrogens (tertiary/aromatic N) is 1. The zero-order valence-electron chi connectivity index (χ0n) is 11.7. The van der Waals surface area contributed by atoms with Gasteiger partial charge in [-0.15, -0.1) is 0 Å². The smallest absolute Gasteiger partial charge is 0.256 e. The number of aromatic nitrogens is 1. The lowest BCUT2D eigenvalue weighted by Gasteiger charge is -2.34. The van der Waals surface area contributed by atoms with E-state index in [-0.39, 0.29) is 18.6 Å². The van der Waals surface area contributed by atoms with E-state index in [9.17, 15) is 9.90 Å². The molecule has 1 aromatic carbocycles. The standard InChI is InChI=1S/C16H20N2O2/c1-11-15(13-7-2-3-8-14(13)17-11)16(20)18-9-5-4-6-12(18)10-19/h2-3,7-8,12,17,19H,4-6,9-10H2,1H3. The molecule has 0 bridgehead atoms. The number of nitrogens with one attached hydrogen (secondary N) is 1. The van der Waals surface area contributed by atoms with Crippen molar-refractivity contribution in [3.8, 4) is 0 Å². The van der Waals surface area contributed by atoms with Crippen LogP contribution in [0.3, 0.4) is 0 Å². The molecule has 1 saturated heterocycles. The number of aromatic amines is 1. The summed E-state index contributed by atoms with van der Waals surface area (Å²) in [4.78, 5) is 18.0. The quantitative estimate of drug-likeness (QED) is 0.882. The summed E-state index contributed by atoms with van der Waals surface area (Å²) in [7, 11) is 0. The third-order valence-corrected chi connectivity index (χ3v) is 4.21. The van der Waals surface area contributed by atoms with E-state index < -0.39 is 0 Å². The van der Waals surface area contributed by atoms with Gasteiger partial charge in [-0.05, 0) is 32.3 Å². The van der Waals surface area contributed by atoms with Crippen molar-refractivity contribution in [2.24, 2.45) is 0 Å². The second kappa shape index (κ2) is 5.29. The highest BCUT2D eigenvalue weighted by Crippen LogP contribution is 2.26. The first-order valence-corrected chi connectivity index (χ1v) is 7.21. The van der Waals surface area contributed by atoms with E-state index in [2.05, 4.69) is 4.98 Å². The van der Waals surface area contributed by atoms with E-state index in [4.69, 9.17) is 0 Å². The number of carbonyl (C=O) groups is 1. The van der Waals surface area contributed by atoms with Gasteiger partial charge in [0, 0.05) is 23.1 Å². The summed E-state index contributed by atoms with van der Waals surface area (Å²) < 4.78 is 0. The molecular formula is C16H20N2O2. The third-order valence-electron chi connectivity index (χ3n) is 4.21. The lowest BCUT2D eigenvalue weighted by atomic mass is 10.0. The SMILES string of the molecule is Cc1[nH]c2ccccc2c1C(=O)N1CCCCC1CO. The van der Waals surface area contributed by atoms with E-state index in [0.717, 1.165) is 48.0 Å². The maximum Gasteiger partial charge on any atom is 0.256 e. The number of aliphatic hydroxyl groups excluding tert-OH is 1. The summed E-state index contributed by atoms with van der Waals surface area (Å²) in [5.74, 6) is 0.0405. The Morgan fingerprint density at radius 1 is 1.40 bits per heavy atom. The van der Waals surface area contributed by atoms with Crippen molar-refractivity contribution in [1.29, 1.82) is 0 Å². The van der Waals surface area contributed by atoms with Crippen molar-refractivity contribution >= 4 is 16.8 Å². The van der Waals surface area contributed by atoms with E-state index in [1.165, 1.54) is 0 Å². The predicted octanol–water partition coefficient (Wildman–Crippen LogP) is 2.46. The Morgan fingerprint density at radius 2 is 2.20 bits per heavy atom. The minimum atomic E-state index is -0.0377. The molecule has 1 aliphatic rings. The second-order valence-electron chi connectivity index (χ2n) is 5.50. The van der Waals surface area contributed by atoms with Gasteiger partial charge in [0.05, 0.1) is 18.2 Å². The summed E-state index contributed by atoms with van der Waals surface area (Å²) >= 11 is 0. The zero-order valence-corrected chi connectivity index (χ0v) is 11.7. The molecular weight excluding hydrogens is 252 g/mol. The highest BCUT2D eigenvalue weighted by atomic mass is 16.3. The minimum absolute atomic E-state index is 0.0377. The number of hydrogen-bond acceptors (Lipinski definition) is 2. The van der Waals surface area contributed by atoms with Crippen molar-refractivity contribution < 1.29 is 9.90 Å². The first-order valence-electron chi connectivity index (χ1n) is 7.21. The minimum Gasteiger partial charge on any atom is -0.394 e. The van der Waals surface area contributed by atoms with Gasteiger partial charge < -0.3 is 15.0 Å². The molecule has 1 atom stereocenters. The topological polar surface area (TPSA) is 56.3 Å². The summed E-state index contributed by atoms with van der Waals surface area (Å²) in [5.41, 5.74) is 2.64. The highest BCUT2D eigenvalue weighted by molar-refractivity contribution is 6.08. The molecule has 0 radical (unpaired) electrons. The molecule has 4 nitrogen and oxygen atoms in total. The number of H-pyrrole nitrogens is 1. The number of likely N-dealkylation sites (tertiary alicyclic amines) is 1. The molecule has 0 aliphatic carbocycles. The second-order valence-corrected chi connectivity index (χ2v) is 5.50. The normalized spacial score (nSPS) is 19.5. The van der Waals surface area contributed by atoms with Crippen LogP contribution < -0.4 is 0 Å². The van der Waals surface area contributed by atoms with Crippen molar-refractivity contribution in [1.82, 2.24) is 9.88 Å². The van der Waals surface area contributed by atoms with Gasteiger partial charge in [-0.1, -0.05) is 18.2 Å². The van der Waals surface area contributed by atoms with E-state index in [0.29, 0.717) is 0 Å². The molecule has 106 valence electrons. The first-order chi connectivity index (χ1) is 9.72. The maximum atomic E-state index is 12.9. The van der Waals surface area contributed by atoms with Crippen molar-refractivity contribution in [2.75, 3.05) is 13.2 Å². The molecule has 2 heterocycles. The Kier molecular flexibility index (Phi) is 3.49. The summed E-state index contributed by atoms with van der Waals surface area (Å²) in [6.07, 6.45) is 3.00. The van der Waals surface area contributed by atoms with Gasteiger partial charge >= 0.3 is 0 Å². The summed E-state index contributed by atoms with van der Waals surface area (Å²) in [5, 5.41) is 10.5. The van der Waals surface area contributed by atoms with Gasteiger partial charge in [0.1, 0.15) is 0 Å². The number of aliphatic hydroxyl groups is 1. The average Bonchev–Trinajstić information content (AvgIpc) is 2.82. The van der Waals surface area contributed by atoms with Crippen molar-refractivity contribution in [3.63, 3.8) is 0 Å². The fraction of sp³-hybridized carbons (Fsp3) is 0.438. The lowest BCUT2D eigenvalue weighted by Crippen LogP contribution is -2.45. The van der Waals surface area contributed by atoms with Crippen LogP contribution in [-0.2, 0) is 0 Å². The monoisotopic (exact) mass is 272 g/mol.